The lowest BCUT2D eigenvalue weighted by Crippen LogP contribution is -2.33. The molecular formula is C23H22N2O2S. The first kappa shape index (κ1) is 18.4. The first-order chi connectivity index (χ1) is 13.6. The van der Waals surface area contributed by atoms with Crippen LogP contribution in [0.1, 0.15) is 50.0 Å². The highest BCUT2D eigenvalue weighted by molar-refractivity contribution is 7.12. The Morgan fingerprint density at radius 3 is 2.64 bits per heavy atom. The number of benzene rings is 2. The molecule has 1 N–H and O–H groups in total. The van der Waals surface area contributed by atoms with Gasteiger partial charge in [-0.3, -0.25) is 9.59 Å². The summed E-state index contributed by atoms with van der Waals surface area (Å²) in [6.07, 6.45) is 3.03. The number of nitrogens with zero attached hydrogens (tertiary/aromatic N) is 1. The van der Waals surface area contributed by atoms with Gasteiger partial charge in [0.1, 0.15) is 0 Å². The molecule has 1 unspecified atom stereocenters. The third-order valence-corrected chi connectivity index (χ3v) is 6.08. The van der Waals surface area contributed by atoms with Crippen molar-refractivity contribution in [2.45, 2.75) is 25.3 Å². The zero-order valence-corrected chi connectivity index (χ0v) is 16.5. The number of thiophene rings is 1. The fraction of sp³-hybridized carbons (Fsp3) is 0.217. The maximum atomic E-state index is 13.1. The van der Waals surface area contributed by atoms with Gasteiger partial charge in [-0.25, -0.2) is 0 Å². The van der Waals surface area contributed by atoms with Crippen LogP contribution in [0.3, 0.4) is 0 Å². The highest BCUT2D eigenvalue weighted by Gasteiger charge is 2.25. The quantitative estimate of drug-likeness (QED) is 0.693. The summed E-state index contributed by atoms with van der Waals surface area (Å²) in [7, 11) is 1.71. The molecule has 5 heteroatoms. The maximum absolute atomic E-state index is 13.1. The summed E-state index contributed by atoms with van der Waals surface area (Å²) in [6.45, 7) is 0. The number of carbonyl (C=O) groups excluding carboxylic acids is 2. The number of nitrogens with one attached hydrogen (secondary N) is 1. The second-order valence-electron chi connectivity index (χ2n) is 6.98. The van der Waals surface area contributed by atoms with Crippen LogP contribution < -0.4 is 10.2 Å². The van der Waals surface area contributed by atoms with Gasteiger partial charge >= 0.3 is 0 Å². The summed E-state index contributed by atoms with van der Waals surface area (Å²) in [4.78, 5) is 28.1. The summed E-state index contributed by atoms with van der Waals surface area (Å²) in [5.74, 6) is -0.263. The zero-order valence-electron chi connectivity index (χ0n) is 15.7. The van der Waals surface area contributed by atoms with E-state index in [9.17, 15) is 9.59 Å². The summed E-state index contributed by atoms with van der Waals surface area (Å²) in [5.41, 5.74) is 3.63. The second-order valence-corrected chi connectivity index (χ2v) is 7.92. The van der Waals surface area contributed by atoms with Crippen molar-refractivity contribution in [2.75, 3.05) is 11.9 Å². The van der Waals surface area contributed by atoms with Gasteiger partial charge in [0.15, 0.2) is 0 Å². The van der Waals surface area contributed by atoms with E-state index in [-0.39, 0.29) is 17.9 Å². The lowest BCUT2D eigenvalue weighted by Gasteiger charge is -2.27. The van der Waals surface area contributed by atoms with Gasteiger partial charge in [-0.15, -0.1) is 11.3 Å². The van der Waals surface area contributed by atoms with Crippen molar-refractivity contribution in [1.29, 1.82) is 0 Å². The molecule has 0 fully saturated rings. The van der Waals surface area contributed by atoms with E-state index >= 15 is 0 Å². The van der Waals surface area contributed by atoms with Crippen LogP contribution >= 0.6 is 11.3 Å². The van der Waals surface area contributed by atoms with E-state index in [4.69, 9.17) is 0 Å². The van der Waals surface area contributed by atoms with Crippen molar-refractivity contribution in [3.05, 3.63) is 87.6 Å². The molecule has 4 rings (SSSR count). The van der Waals surface area contributed by atoms with Crippen molar-refractivity contribution >= 4 is 28.8 Å². The minimum absolute atomic E-state index is 0.00353. The molecule has 142 valence electrons. The third-order valence-electron chi connectivity index (χ3n) is 5.22. The van der Waals surface area contributed by atoms with Gasteiger partial charge in [0.2, 0.25) is 0 Å². The molecule has 3 aromatic rings. The van der Waals surface area contributed by atoms with Gasteiger partial charge in [-0.05, 0) is 54.0 Å². The van der Waals surface area contributed by atoms with Crippen LogP contribution in [-0.4, -0.2) is 18.9 Å². The minimum atomic E-state index is -0.150. The normalized spacial score (nSPS) is 15.5. The molecule has 28 heavy (non-hydrogen) atoms. The molecule has 1 atom stereocenters. The fourth-order valence-electron chi connectivity index (χ4n) is 3.77. The number of rotatable bonds is 4. The molecule has 0 saturated carbocycles. The van der Waals surface area contributed by atoms with Crippen molar-refractivity contribution in [3.63, 3.8) is 0 Å². The van der Waals surface area contributed by atoms with Crippen molar-refractivity contribution < 1.29 is 9.59 Å². The molecular weight excluding hydrogens is 368 g/mol. The number of aryl methyl sites for hydroxylation is 1. The van der Waals surface area contributed by atoms with E-state index in [1.54, 1.807) is 24.1 Å². The third kappa shape index (κ3) is 3.58. The molecule has 2 amide bonds. The maximum Gasteiger partial charge on any atom is 0.268 e. The molecule has 0 bridgehead atoms. The van der Waals surface area contributed by atoms with E-state index in [2.05, 4.69) is 17.4 Å². The molecule has 1 aliphatic carbocycles. The van der Waals surface area contributed by atoms with Crippen LogP contribution in [0, 0.1) is 0 Å². The molecule has 0 saturated heterocycles. The smallest absolute Gasteiger partial charge is 0.268 e. The lowest BCUT2D eigenvalue weighted by molar-refractivity contribution is 0.0933. The van der Waals surface area contributed by atoms with E-state index in [1.165, 1.54) is 22.5 Å². The zero-order chi connectivity index (χ0) is 19.5. The Morgan fingerprint density at radius 1 is 1.04 bits per heavy atom. The second kappa shape index (κ2) is 7.98. The van der Waals surface area contributed by atoms with Gasteiger partial charge in [0, 0.05) is 7.05 Å². The van der Waals surface area contributed by atoms with Crippen LogP contribution in [-0.2, 0) is 6.42 Å². The minimum Gasteiger partial charge on any atom is -0.345 e. The van der Waals surface area contributed by atoms with Crippen LogP contribution in [0.15, 0.2) is 66.0 Å². The van der Waals surface area contributed by atoms with E-state index in [0.717, 1.165) is 19.3 Å². The van der Waals surface area contributed by atoms with Crippen LogP contribution in [0.2, 0.25) is 0 Å². The number of fused-ring (bicyclic) bond motifs is 1. The Hall–Kier alpha value is -2.92. The molecule has 0 aliphatic heterocycles. The van der Waals surface area contributed by atoms with E-state index in [0.29, 0.717) is 16.1 Å². The highest BCUT2D eigenvalue weighted by Crippen LogP contribution is 2.30. The summed E-state index contributed by atoms with van der Waals surface area (Å²) >= 11 is 1.40. The lowest BCUT2D eigenvalue weighted by atomic mass is 9.87. The van der Waals surface area contributed by atoms with Crippen LogP contribution in [0.5, 0.6) is 0 Å². The SMILES string of the molecule is CN(C(=O)c1cccs1)c1ccccc1C(=O)NC1CCCc2ccccc21. The average Bonchev–Trinajstić information content (AvgIpc) is 3.28. The number of para-hydroxylation sites is 1. The number of hydrogen-bond donors (Lipinski definition) is 1. The van der Waals surface area contributed by atoms with Crippen molar-refractivity contribution in [3.8, 4) is 0 Å². The van der Waals surface area contributed by atoms with Gasteiger partial charge in [0.05, 0.1) is 22.2 Å². The molecule has 4 nitrogen and oxygen atoms in total. The standard InChI is InChI=1S/C23H22N2O2S/c1-25(23(27)21-14-7-15-28-21)20-13-5-4-11-18(20)22(26)24-19-12-6-9-16-8-2-3-10-17(16)19/h2-5,7-8,10-11,13-15,19H,6,9,12H2,1H3,(H,24,26). The molecule has 0 spiro atoms. The Balaban J connectivity index is 1.59. The first-order valence-corrected chi connectivity index (χ1v) is 10.3. The monoisotopic (exact) mass is 390 g/mol. The number of hydrogen-bond acceptors (Lipinski definition) is 3. The summed E-state index contributed by atoms with van der Waals surface area (Å²) < 4.78 is 0. The predicted molar refractivity (Wildman–Crippen MR) is 113 cm³/mol. The molecule has 1 aliphatic rings. The Bertz CT molecular complexity index is 997. The average molecular weight is 391 g/mol. The summed E-state index contributed by atoms with van der Waals surface area (Å²) in [5, 5.41) is 5.06. The van der Waals surface area contributed by atoms with Gasteiger partial charge in [0.25, 0.3) is 11.8 Å². The summed E-state index contributed by atoms with van der Waals surface area (Å²) in [6, 6.07) is 19.2. The number of carbonyl (C=O) groups is 2. The van der Waals surface area contributed by atoms with Gasteiger partial charge < -0.3 is 10.2 Å². The Morgan fingerprint density at radius 2 is 1.82 bits per heavy atom. The molecule has 1 aromatic heterocycles. The van der Waals surface area contributed by atoms with Crippen LogP contribution in [0.4, 0.5) is 5.69 Å². The first-order valence-electron chi connectivity index (χ1n) is 9.44. The topological polar surface area (TPSA) is 49.4 Å². The Kier molecular flexibility index (Phi) is 5.26. The number of amides is 2. The van der Waals surface area contributed by atoms with Crippen molar-refractivity contribution in [1.82, 2.24) is 5.32 Å². The molecule has 1 heterocycles. The van der Waals surface area contributed by atoms with Crippen LogP contribution in [0.25, 0.3) is 0 Å². The largest absolute Gasteiger partial charge is 0.345 e. The molecule has 0 radical (unpaired) electrons. The van der Waals surface area contributed by atoms with Gasteiger partial charge in [-0.2, -0.15) is 0 Å². The Labute approximate surface area is 168 Å². The highest BCUT2D eigenvalue weighted by atomic mass is 32.1. The number of anilines is 1. The van der Waals surface area contributed by atoms with E-state index < -0.39 is 0 Å². The van der Waals surface area contributed by atoms with E-state index in [1.807, 2.05) is 41.8 Å². The fourth-order valence-corrected chi connectivity index (χ4v) is 4.47. The predicted octanol–water partition coefficient (Wildman–Crippen LogP) is 4.83. The van der Waals surface area contributed by atoms with Crippen molar-refractivity contribution in [2.24, 2.45) is 0 Å². The molecule has 2 aromatic carbocycles. The van der Waals surface area contributed by atoms with Gasteiger partial charge in [-0.1, -0.05) is 42.5 Å².